The fourth-order valence-electron chi connectivity index (χ4n) is 2.93. The third-order valence-corrected chi connectivity index (χ3v) is 4.55. The number of methoxy groups -OCH3 is 1. The van der Waals surface area contributed by atoms with Crippen LogP contribution in [0, 0.1) is 0 Å². The minimum atomic E-state index is -0.172. The Morgan fingerprint density at radius 2 is 1.83 bits per heavy atom. The van der Waals surface area contributed by atoms with Crippen LogP contribution in [0.2, 0.25) is 5.02 Å². The van der Waals surface area contributed by atoms with Gasteiger partial charge in [0.2, 0.25) is 0 Å². The molecule has 150 valence electrons. The Labute approximate surface area is 175 Å². The number of rotatable bonds is 8. The highest BCUT2D eigenvalue weighted by molar-refractivity contribution is 6.32. The molecule has 7 heteroatoms. The molecule has 0 fully saturated rings. The molecule has 0 saturated heterocycles. The summed E-state index contributed by atoms with van der Waals surface area (Å²) >= 11 is 6.37. The Kier molecular flexibility index (Phi) is 7.03. The summed E-state index contributed by atoms with van der Waals surface area (Å²) < 4.78 is 10.9. The van der Waals surface area contributed by atoms with Gasteiger partial charge in [-0.3, -0.25) is 14.8 Å². The summed E-state index contributed by atoms with van der Waals surface area (Å²) in [4.78, 5) is 23.3. The van der Waals surface area contributed by atoms with E-state index < -0.39 is 0 Å². The molecule has 3 aromatic rings. The van der Waals surface area contributed by atoms with E-state index in [9.17, 15) is 4.79 Å². The fraction of sp³-hybridized carbons (Fsp3) is 0.227. The zero-order valence-corrected chi connectivity index (χ0v) is 17.1. The van der Waals surface area contributed by atoms with E-state index in [1.165, 1.54) is 7.11 Å². The molecule has 1 aromatic carbocycles. The Balaban J connectivity index is 1.94. The van der Waals surface area contributed by atoms with Crippen molar-refractivity contribution in [2.75, 3.05) is 13.7 Å². The predicted octanol–water partition coefficient (Wildman–Crippen LogP) is 4.38. The van der Waals surface area contributed by atoms with E-state index in [-0.39, 0.29) is 5.91 Å². The van der Waals surface area contributed by atoms with Crippen molar-refractivity contribution in [1.29, 1.82) is 0 Å². The van der Waals surface area contributed by atoms with Gasteiger partial charge in [-0.2, -0.15) is 0 Å². The lowest BCUT2D eigenvalue weighted by molar-refractivity contribution is 0.0729. The quantitative estimate of drug-likeness (QED) is 0.550. The Hall–Kier alpha value is -3.12. The highest BCUT2D eigenvalue weighted by Gasteiger charge is 2.21. The van der Waals surface area contributed by atoms with Crippen molar-refractivity contribution in [3.05, 3.63) is 82.9 Å². The van der Waals surface area contributed by atoms with Gasteiger partial charge >= 0.3 is 0 Å². The number of hydrogen-bond acceptors (Lipinski definition) is 5. The zero-order chi connectivity index (χ0) is 20.6. The third-order valence-electron chi connectivity index (χ3n) is 4.27. The van der Waals surface area contributed by atoms with E-state index in [1.807, 2.05) is 31.2 Å². The van der Waals surface area contributed by atoms with Crippen LogP contribution in [-0.4, -0.2) is 34.5 Å². The van der Waals surface area contributed by atoms with Crippen LogP contribution in [0.25, 0.3) is 0 Å². The number of pyridine rings is 2. The minimum absolute atomic E-state index is 0.172. The summed E-state index contributed by atoms with van der Waals surface area (Å²) in [6, 6.07) is 10.8. The normalized spacial score (nSPS) is 10.4. The van der Waals surface area contributed by atoms with Gasteiger partial charge in [-0.15, -0.1) is 0 Å². The van der Waals surface area contributed by atoms with Crippen LogP contribution in [0.4, 0.5) is 0 Å². The zero-order valence-electron chi connectivity index (χ0n) is 16.3. The molecule has 6 nitrogen and oxygen atoms in total. The molecule has 0 spiro atoms. The number of amides is 1. The maximum Gasteiger partial charge on any atom is 0.254 e. The van der Waals surface area contributed by atoms with Crippen molar-refractivity contribution < 1.29 is 14.3 Å². The van der Waals surface area contributed by atoms with Crippen LogP contribution < -0.4 is 9.47 Å². The molecule has 1 amide bonds. The Morgan fingerprint density at radius 3 is 2.48 bits per heavy atom. The topological polar surface area (TPSA) is 64.5 Å². The summed E-state index contributed by atoms with van der Waals surface area (Å²) in [5.74, 6) is 0.683. The van der Waals surface area contributed by atoms with Crippen LogP contribution in [0.1, 0.15) is 28.4 Å². The number of benzene rings is 1. The number of hydrogen-bond donors (Lipinski definition) is 0. The lowest BCUT2D eigenvalue weighted by Crippen LogP contribution is -2.30. The van der Waals surface area contributed by atoms with E-state index in [4.69, 9.17) is 21.1 Å². The average Bonchev–Trinajstić information content (AvgIpc) is 2.75. The van der Waals surface area contributed by atoms with Gasteiger partial charge in [-0.05, 0) is 48.4 Å². The number of carbonyl (C=O) groups excluding carboxylic acids is 1. The van der Waals surface area contributed by atoms with Crippen LogP contribution >= 0.6 is 11.6 Å². The van der Waals surface area contributed by atoms with Gasteiger partial charge in [0, 0.05) is 43.4 Å². The van der Waals surface area contributed by atoms with E-state index in [1.54, 1.807) is 41.8 Å². The van der Waals surface area contributed by atoms with Crippen LogP contribution in [-0.2, 0) is 13.1 Å². The summed E-state index contributed by atoms with van der Waals surface area (Å²) in [6.45, 7) is 3.13. The van der Waals surface area contributed by atoms with Crippen molar-refractivity contribution in [1.82, 2.24) is 14.9 Å². The molecule has 0 bridgehead atoms. The van der Waals surface area contributed by atoms with Gasteiger partial charge in [0.25, 0.3) is 5.91 Å². The van der Waals surface area contributed by atoms with Crippen molar-refractivity contribution >= 4 is 17.5 Å². The van der Waals surface area contributed by atoms with Gasteiger partial charge in [0.15, 0.2) is 11.5 Å². The summed E-state index contributed by atoms with van der Waals surface area (Å²) in [5.41, 5.74) is 2.33. The summed E-state index contributed by atoms with van der Waals surface area (Å²) in [7, 11) is 1.52. The van der Waals surface area contributed by atoms with Crippen LogP contribution in [0.5, 0.6) is 11.5 Å². The monoisotopic (exact) mass is 411 g/mol. The van der Waals surface area contributed by atoms with E-state index in [0.29, 0.717) is 41.8 Å². The van der Waals surface area contributed by atoms with Gasteiger partial charge in [-0.1, -0.05) is 17.7 Å². The van der Waals surface area contributed by atoms with Gasteiger partial charge in [0.1, 0.15) is 0 Å². The van der Waals surface area contributed by atoms with Gasteiger partial charge in [-0.25, -0.2) is 0 Å². The van der Waals surface area contributed by atoms with Crippen molar-refractivity contribution in [3.8, 4) is 11.5 Å². The number of aromatic nitrogens is 2. The Bertz CT molecular complexity index is 911. The molecular weight excluding hydrogens is 390 g/mol. The fourth-order valence-corrected chi connectivity index (χ4v) is 3.20. The van der Waals surface area contributed by atoms with Crippen LogP contribution in [0.3, 0.4) is 0 Å². The molecular formula is C22H22ClN3O3. The SMILES string of the molecule is CCOc1c(Cl)cc(C(=O)N(Cc2ccncc2)Cc2cccnc2)cc1OC. The highest BCUT2D eigenvalue weighted by Crippen LogP contribution is 2.37. The maximum atomic E-state index is 13.4. The molecule has 0 N–H and O–H groups in total. The largest absolute Gasteiger partial charge is 0.493 e. The first-order valence-corrected chi connectivity index (χ1v) is 9.57. The molecule has 0 radical (unpaired) electrons. The predicted molar refractivity (Wildman–Crippen MR) is 111 cm³/mol. The maximum absolute atomic E-state index is 13.4. The second-order valence-electron chi connectivity index (χ2n) is 6.30. The molecule has 2 heterocycles. The third kappa shape index (κ3) is 5.23. The minimum Gasteiger partial charge on any atom is -0.493 e. The van der Waals surface area contributed by atoms with Crippen molar-refractivity contribution in [2.45, 2.75) is 20.0 Å². The average molecular weight is 412 g/mol. The van der Waals surface area contributed by atoms with E-state index >= 15 is 0 Å². The van der Waals surface area contributed by atoms with E-state index in [2.05, 4.69) is 9.97 Å². The first-order valence-electron chi connectivity index (χ1n) is 9.19. The Morgan fingerprint density at radius 1 is 1.07 bits per heavy atom. The smallest absolute Gasteiger partial charge is 0.254 e. The lowest BCUT2D eigenvalue weighted by atomic mass is 10.1. The van der Waals surface area contributed by atoms with E-state index in [0.717, 1.165) is 11.1 Å². The molecule has 29 heavy (non-hydrogen) atoms. The summed E-state index contributed by atoms with van der Waals surface area (Å²) in [5, 5.41) is 0.333. The first-order chi connectivity index (χ1) is 14.1. The summed E-state index contributed by atoms with van der Waals surface area (Å²) in [6.07, 6.45) is 6.87. The van der Waals surface area contributed by atoms with Crippen molar-refractivity contribution in [3.63, 3.8) is 0 Å². The van der Waals surface area contributed by atoms with Gasteiger partial charge in [0.05, 0.1) is 18.7 Å². The molecule has 0 aliphatic rings. The number of carbonyl (C=O) groups is 1. The number of ether oxygens (including phenoxy) is 2. The molecule has 3 rings (SSSR count). The standard InChI is InChI=1S/C22H22ClN3O3/c1-3-29-21-19(23)11-18(12-20(21)28-2)22(27)26(14-16-6-9-24-10-7-16)15-17-5-4-8-25-13-17/h4-13H,3,14-15H2,1-2H3. The number of nitrogens with zero attached hydrogens (tertiary/aromatic N) is 3. The molecule has 0 aliphatic carbocycles. The molecule has 0 saturated carbocycles. The second kappa shape index (κ2) is 9.89. The molecule has 0 aliphatic heterocycles. The van der Waals surface area contributed by atoms with Crippen molar-refractivity contribution in [2.24, 2.45) is 0 Å². The molecule has 2 aromatic heterocycles. The number of halogens is 1. The second-order valence-corrected chi connectivity index (χ2v) is 6.71. The molecule has 0 unspecified atom stereocenters. The lowest BCUT2D eigenvalue weighted by Gasteiger charge is -2.24. The van der Waals surface area contributed by atoms with Crippen LogP contribution in [0.15, 0.2) is 61.2 Å². The highest BCUT2D eigenvalue weighted by atomic mass is 35.5. The molecule has 0 atom stereocenters. The van der Waals surface area contributed by atoms with Gasteiger partial charge < -0.3 is 14.4 Å². The first kappa shape index (κ1) is 20.6.